The SMILES string of the molecule is COc1cc(OC)c2c(=O)c3cccc(O)c3oc2c1. The summed E-state index contributed by atoms with van der Waals surface area (Å²) in [5.74, 6) is 0.800. The van der Waals surface area contributed by atoms with Crippen molar-refractivity contribution in [3.63, 3.8) is 0 Å². The summed E-state index contributed by atoms with van der Waals surface area (Å²) in [4.78, 5) is 12.5. The van der Waals surface area contributed by atoms with Crippen LogP contribution in [0.5, 0.6) is 17.2 Å². The number of fused-ring (bicyclic) bond motifs is 2. The van der Waals surface area contributed by atoms with Crippen molar-refractivity contribution >= 4 is 21.9 Å². The second kappa shape index (κ2) is 4.45. The van der Waals surface area contributed by atoms with Gasteiger partial charge in [-0.05, 0) is 12.1 Å². The Bertz CT molecular complexity index is 863. The van der Waals surface area contributed by atoms with Crippen molar-refractivity contribution in [2.75, 3.05) is 14.2 Å². The van der Waals surface area contributed by atoms with Gasteiger partial charge in [-0.15, -0.1) is 0 Å². The summed E-state index contributed by atoms with van der Waals surface area (Å²) in [5, 5.41) is 10.4. The molecule has 2 aromatic carbocycles. The second-order valence-corrected chi connectivity index (χ2v) is 4.29. The molecule has 0 fully saturated rings. The Kier molecular flexibility index (Phi) is 2.75. The largest absolute Gasteiger partial charge is 0.504 e. The first-order valence-electron chi connectivity index (χ1n) is 5.96. The van der Waals surface area contributed by atoms with Gasteiger partial charge in [0.2, 0.25) is 5.43 Å². The number of methoxy groups -OCH3 is 2. The molecule has 0 aliphatic carbocycles. The summed E-state index contributed by atoms with van der Waals surface area (Å²) >= 11 is 0. The molecule has 0 spiro atoms. The molecule has 3 aromatic rings. The lowest BCUT2D eigenvalue weighted by atomic mass is 10.1. The van der Waals surface area contributed by atoms with Gasteiger partial charge in [0, 0.05) is 12.1 Å². The topological polar surface area (TPSA) is 68.9 Å². The summed E-state index contributed by atoms with van der Waals surface area (Å²) < 4.78 is 16.0. The summed E-state index contributed by atoms with van der Waals surface area (Å²) in [7, 11) is 2.98. The van der Waals surface area contributed by atoms with E-state index < -0.39 is 0 Å². The highest BCUT2D eigenvalue weighted by atomic mass is 16.5. The maximum atomic E-state index is 12.5. The van der Waals surface area contributed by atoms with Crippen molar-refractivity contribution in [1.29, 1.82) is 0 Å². The van der Waals surface area contributed by atoms with Gasteiger partial charge in [0.25, 0.3) is 0 Å². The Hall–Kier alpha value is -2.69. The molecule has 0 bridgehead atoms. The van der Waals surface area contributed by atoms with Gasteiger partial charge in [-0.3, -0.25) is 4.79 Å². The lowest BCUT2D eigenvalue weighted by molar-refractivity contribution is 0.396. The lowest BCUT2D eigenvalue weighted by Crippen LogP contribution is -2.04. The van der Waals surface area contributed by atoms with Crippen LogP contribution in [0.15, 0.2) is 39.5 Å². The van der Waals surface area contributed by atoms with Crippen LogP contribution in [0.25, 0.3) is 21.9 Å². The van der Waals surface area contributed by atoms with Crippen molar-refractivity contribution in [3.8, 4) is 17.2 Å². The van der Waals surface area contributed by atoms with Crippen LogP contribution in [-0.2, 0) is 0 Å². The zero-order valence-electron chi connectivity index (χ0n) is 11.0. The normalized spacial score (nSPS) is 10.9. The Balaban J connectivity index is 2.56. The first-order valence-corrected chi connectivity index (χ1v) is 5.96. The Morgan fingerprint density at radius 3 is 2.65 bits per heavy atom. The molecule has 0 unspecified atom stereocenters. The van der Waals surface area contributed by atoms with Gasteiger partial charge in [0.05, 0.1) is 19.6 Å². The van der Waals surface area contributed by atoms with E-state index in [2.05, 4.69) is 0 Å². The minimum atomic E-state index is -0.253. The van der Waals surface area contributed by atoms with Gasteiger partial charge in [0.15, 0.2) is 11.3 Å². The highest BCUT2D eigenvalue weighted by molar-refractivity contribution is 5.95. The van der Waals surface area contributed by atoms with E-state index in [0.717, 1.165) is 0 Å². The van der Waals surface area contributed by atoms with Crippen molar-refractivity contribution in [1.82, 2.24) is 0 Å². The number of phenols is 1. The zero-order chi connectivity index (χ0) is 14.3. The van der Waals surface area contributed by atoms with Crippen LogP contribution in [0, 0.1) is 0 Å². The minimum absolute atomic E-state index is 0.0803. The highest BCUT2D eigenvalue weighted by Gasteiger charge is 2.15. The number of hydrogen-bond acceptors (Lipinski definition) is 5. The molecule has 5 nitrogen and oxygen atoms in total. The molecule has 3 rings (SSSR count). The van der Waals surface area contributed by atoms with E-state index >= 15 is 0 Å². The second-order valence-electron chi connectivity index (χ2n) is 4.29. The van der Waals surface area contributed by atoms with Gasteiger partial charge in [0.1, 0.15) is 22.5 Å². The highest BCUT2D eigenvalue weighted by Crippen LogP contribution is 2.33. The Morgan fingerprint density at radius 1 is 1.15 bits per heavy atom. The fraction of sp³-hybridized carbons (Fsp3) is 0.133. The monoisotopic (exact) mass is 272 g/mol. The van der Waals surface area contributed by atoms with Crippen LogP contribution < -0.4 is 14.9 Å². The van der Waals surface area contributed by atoms with Crippen molar-refractivity contribution in [2.24, 2.45) is 0 Å². The average Bonchev–Trinajstić information content (AvgIpc) is 2.47. The molecule has 102 valence electrons. The number of rotatable bonds is 2. The quantitative estimate of drug-likeness (QED) is 0.726. The molecule has 20 heavy (non-hydrogen) atoms. The molecule has 5 heteroatoms. The molecular weight excluding hydrogens is 260 g/mol. The molecule has 0 saturated carbocycles. The summed E-state index contributed by atoms with van der Waals surface area (Å²) in [5.41, 5.74) is 0.206. The Morgan fingerprint density at radius 2 is 1.95 bits per heavy atom. The fourth-order valence-corrected chi connectivity index (χ4v) is 2.20. The molecule has 0 aliphatic rings. The van der Waals surface area contributed by atoms with Gasteiger partial charge in [-0.2, -0.15) is 0 Å². The van der Waals surface area contributed by atoms with Crippen LogP contribution in [0.2, 0.25) is 0 Å². The first kappa shape index (κ1) is 12.3. The van der Waals surface area contributed by atoms with Gasteiger partial charge in [-0.25, -0.2) is 0 Å². The minimum Gasteiger partial charge on any atom is -0.504 e. The summed E-state index contributed by atoms with van der Waals surface area (Å²) in [6, 6.07) is 7.87. The smallest absolute Gasteiger partial charge is 0.204 e. The maximum Gasteiger partial charge on any atom is 0.204 e. The predicted octanol–water partition coefficient (Wildman–Crippen LogP) is 2.67. The van der Waals surface area contributed by atoms with Crippen LogP contribution in [0.3, 0.4) is 0 Å². The zero-order valence-corrected chi connectivity index (χ0v) is 11.0. The van der Waals surface area contributed by atoms with Crippen LogP contribution in [0.4, 0.5) is 0 Å². The molecule has 1 N–H and O–H groups in total. The van der Waals surface area contributed by atoms with E-state index in [4.69, 9.17) is 13.9 Å². The van der Waals surface area contributed by atoms with Crippen molar-refractivity contribution < 1.29 is 19.0 Å². The molecule has 1 aromatic heterocycles. The summed E-state index contributed by atoms with van der Waals surface area (Å²) in [6.07, 6.45) is 0. The predicted molar refractivity (Wildman–Crippen MR) is 74.8 cm³/mol. The van der Waals surface area contributed by atoms with Crippen LogP contribution >= 0.6 is 0 Å². The third-order valence-electron chi connectivity index (χ3n) is 3.17. The van der Waals surface area contributed by atoms with Crippen molar-refractivity contribution in [2.45, 2.75) is 0 Å². The van der Waals surface area contributed by atoms with E-state index in [1.165, 1.54) is 20.3 Å². The van der Waals surface area contributed by atoms with E-state index in [1.807, 2.05) is 0 Å². The van der Waals surface area contributed by atoms with Crippen LogP contribution in [-0.4, -0.2) is 19.3 Å². The molecular formula is C15H12O5. The Labute approximate surface area is 114 Å². The molecule has 0 atom stereocenters. The standard InChI is InChI=1S/C15H12O5/c1-18-8-6-11(19-2)13-12(7-8)20-15-9(14(13)17)4-3-5-10(15)16/h3-7,16H,1-2H3. The fourth-order valence-electron chi connectivity index (χ4n) is 2.20. The number of hydrogen-bond donors (Lipinski definition) is 1. The summed E-state index contributed by atoms with van der Waals surface area (Å²) in [6.45, 7) is 0. The lowest BCUT2D eigenvalue weighted by Gasteiger charge is -2.09. The van der Waals surface area contributed by atoms with Crippen molar-refractivity contribution in [3.05, 3.63) is 40.6 Å². The van der Waals surface area contributed by atoms with Gasteiger partial charge in [-0.1, -0.05) is 6.07 Å². The maximum absolute atomic E-state index is 12.5. The third-order valence-corrected chi connectivity index (χ3v) is 3.17. The average molecular weight is 272 g/mol. The molecule has 0 radical (unpaired) electrons. The first-order chi connectivity index (χ1) is 9.65. The molecule has 0 aliphatic heterocycles. The number of ether oxygens (including phenoxy) is 2. The van der Waals surface area contributed by atoms with Gasteiger partial charge >= 0.3 is 0 Å². The van der Waals surface area contributed by atoms with E-state index in [-0.39, 0.29) is 16.8 Å². The number of phenolic OH excluding ortho intramolecular Hbond substituents is 1. The third kappa shape index (κ3) is 1.67. The number of aromatic hydroxyl groups is 1. The molecule has 1 heterocycles. The number of benzene rings is 2. The number of para-hydroxylation sites is 1. The molecule has 0 amide bonds. The molecule has 0 saturated heterocycles. The van der Waals surface area contributed by atoms with Gasteiger partial charge < -0.3 is 19.0 Å². The van der Waals surface area contributed by atoms with E-state index in [1.54, 1.807) is 24.3 Å². The van der Waals surface area contributed by atoms with E-state index in [0.29, 0.717) is 27.9 Å². The van der Waals surface area contributed by atoms with Crippen LogP contribution in [0.1, 0.15) is 0 Å². The van der Waals surface area contributed by atoms with E-state index in [9.17, 15) is 9.90 Å².